The molecule has 0 aliphatic carbocycles. The molecule has 1 aliphatic heterocycles. The minimum atomic E-state index is 0.661. The fraction of sp³-hybridized carbons (Fsp3) is 0.750. The summed E-state index contributed by atoms with van der Waals surface area (Å²) in [5.41, 5.74) is 1.59. The summed E-state index contributed by atoms with van der Waals surface area (Å²) in [5.74, 6) is 1.33. The first-order valence-corrected chi connectivity index (χ1v) is 8.24. The monoisotopic (exact) mass is 265 g/mol. The number of rotatable bonds is 4. The molecule has 1 saturated heterocycles. The second-order valence-corrected chi connectivity index (χ2v) is 7.35. The topological polar surface area (TPSA) is 3.24 Å². The highest BCUT2D eigenvalue weighted by Crippen LogP contribution is 2.34. The van der Waals surface area contributed by atoms with Crippen molar-refractivity contribution in [3.63, 3.8) is 0 Å². The lowest BCUT2D eigenvalue weighted by Gasteiger charge is -2.25. The minimum Gasteiger partial charge on any atom is -0.298 e. The summed E-state index contributed by atoms with van der Waals surface area (Å²) in [6.45, 7) is 13.1. The van der Waals surface area contributed by atoms with Crippen LogP contribution in [0.25, 0.3) is 0 Å². The summed E-state index contributed by atoms with van der Waals surface area (Å²) in [5, 5.41) is 0. The molecule has 0 radical (unpaired) electrons. The first-order valence-electron chi connectivity index (χ1n) is 7.42. The zero-order valence-corrected chi connectivity index (χ0v) is 13.1. The molecule has 1 aromatic heterocycles. The highest BCUT2D eigenvalue weighted by atomic mass is 32.1. The highest BCUT2D eigenvalue weighted by Gasteiger charge is 2.17. The third kappa shape index (κ3) is 3.36. The normalized spacial score (nSPS) is 17.9. The first kappa shape index (κ1) is 14.1. The molecule has 1 fully saturated rings. The van der Waals surface area contributed by atoms with Crippen LogP contribution in [0.1, 0.15) is 74.1 Å². The number of likely N-dealkylation sites (tertiary alicyclic amines) is 1. The molecule has 0 saturated carbocycles. The van der Waals surface area contributed by atoms with Crippen molar-refractivity contribution in [2.45, 2.75) is 65.3 Å². The van der Waals surface area contributed by atoms with Crippen LogP contribution < -0.4 is 0 Å². The van der Waals surface area contributed by atoms with Crippen LogP contribution in [0.3, 0.4) is 0 Å². The SMILES string of the molecule is CC(C)c1cc(CN2CCCCC2)sc1C(C)C. The number of thiophene rings is 1. The van der Waals surface area contributed by atoms with Crippen LogP contribution in [0.4, 0.5) is 0 Å². The largest absolute Gasteiger partial charge is 0.298 e. The van der Waals surface area contributed by atoms with E-state index in [0.29, 0.717) is 11.8 Å². The number of hydrogen-bond donors (Lipinski definition) is 0. The van der Waals surface area contributed by atoms with E-state index in [-0.39, 0.29) is 0 Å². The van der Waals surface area contributed by atoms with Gasteiger partial charge in [0.1, 0.15) is 0 Å². The summed E-state index contributed by atoms with van der Waals surface area (Å²) >= 11 is 2.05. The van der Waals surface area contributed by atoms with E-state index in [1.807, 2.05) is 11.3 Å². The molecule has 1 aromatic rings. The van der Waals surface area contributed by atoms with Gasteiger partial charge in [-0.05, 0) is 49.4 Å². The predicted octanol–water partition coefficient (Wildman–Crippen LogP) is 4.98. The van der Waals surface area contributed by atoms with Crippen LogP contribution in [0.5, 0.6) is 0 Å². The summed E-state index contributed by atoms with van der Waals surface area (Å²) in [7, 11) is 0. The van der Waals surface area contributed by atoms with Gasteiger partial charge in [-0.15, -0.1) is 11.3 Å². The van der Waals surface area contributed by atoms with E-state index in [2.05, 4.69) is 38.7 Å². The highest BCUT2D eigenvalue weighted by molar-refractivity contribution is 7.12. The molecule has 2 heteroatoms. The van der Waals surface area contributed by atoms with Crippen molar-refractivity contribution in [3.8, 4) is 0 Å². The van der Waals surface area contributed by atoms with Crippen molar-refractivity contribution in [2.75, 3.05) is 13.1 Å². The number of hydrogen-bond acceptors (Lipinski definition) is 2. The van der Waals surface area contributed by atoms with E-state index in [1.165, 1.54) is 38.9 Å². The number of piperidine rings is 1. The minimum absolute atomic E-state index is 0.661. The van der Waals surface area contributed by atoms with Gasteiger partial charge in [0.25, 0.3) is 0 Å². The molecule has 102 valence electrons. The van der Waals surface area contributed by atoms with Crippen molar-refractivity contribution in [1.82, 2.24) is 4.90 Å². The van der Waals surface area contributed by atoms with E-state index < -0.39 is 0 Å². The second-order valence-electron chi connectivity index (χ2n) is 6.18. The van der Waals surface area contributed by atoms with Crippen LogP contribution >= 0.6 is 11.3 Å². The van der Waals surface area contributed by atoms with Crippen molar-refractivity contribution < 1.29 is 0 Å². The fourth-order valence-corrected chi connectivity index (χ4v) is 4.16. The summed E-state index contributed by atoms with van der Waals surface area (Å²) in [4.78, 5) is 5.81. The molecular formula is C16H27NS. The van der Waals surface area contributed by atoms with E-state index in [0.717, 1.165) is 0 Å². The Bertz CT molecular complexity index is 347. The zero-order chi connectivity index (χ0) is 13.1. The Morgan fingerprint density at radius 3 is 2.22 bits per heavy atom. The van der Waals surface area contributed by atoms with Gasteiger partial charge in [-0.1, -0.05) is 34.1 Å². The van der Waals surface area contributed by atoms with E-state index in [1.54, 1.807) is 15.3 Å². The van der Waals surface area contributed by atoms with Gasteiger partial charge < -0.3 is 0 Å². The standard InChI is InChI=1S/C16H27NS/c1-12(2)15-10-14(18-16(15)13(3)4)11-17-8-6-5-7-9-17/h10,12-13H,5-9,11H2,1-4H3. The Balaban J connectivity index is 2.10. The van der Waals surface area contributed by atoms with Gasteiger partial charge in [0.15, 0.2) is 0 Å². The van der Waals surface area contributed by atoms with E-state index in [9.17, 15) is 0 Å². The Morgan fingerprint density at radius 2 is 1.72 bits per heavy atom. The lowest BCUT2D eigenvalue weighted by molar-refractivity contribution is 0.222. The molecule has 1 nitrogen and oxygen atoms in total. The first-order chi connectivity index (χ1) is 8.58. The molecule has 0 bridgehead atoms. The average molecular weight is 265 g/mol. The van der Waals surface area contributed by atoms with Crippen LogP contribution in [0.15, 0.2) is 6.07 Å². The van der Waals surface area contributed by atoms with Gasteiger partial charge in [0.2, 0.25) is 0 Å². The molecule has 2 heterocycles. The van der Waals surface area contributed by atoms with E-state index >= 15 is 0 Å². The van der Waals surface area contributed by atoms with Crippen molar-refractivity contribution >= 4 is 11.3 Å². The molecule has 1 aliphatic rings. The van der Waals surface area contributed by atoms with Gasteiger partial charge >= 0.3 is 0 Å². The molecule has 18 heavy (non-hydrogen) atoms. The van der Waals surface area contributed by atoms with Gasteiger partial charge in [0, 0.05) is 16.3 Å². The van der Waals surface area contributed by atoms with E-state index in [4.69, 9.17) is 0 Å². The molecule has 0 amide bonds. The quantitative estimate of drug-likeness (QED) is 0.742. The summed E-state index contributed by atoms with van der Waals surface area (Å²) < 4.78 is 0. The molecule has 0 N–H and O–H groups in total. The second kappa shape index (κ2) is 6.21. The lowest BCUT2D eigenvalue weighted by atomic mass is 9.99. The third-order valence-corrected chi connectivity index (χ3v) is 5.25. The smallest absolute Gasteiger partial charge is 0.0328 e. The van der Waals surface area contributed by atoms with Gasteiger partial charge in [-0.3, -0.25) is 4.90 Å². The Labute approximate surface area is 116 Å². The van der Waals surface area contributed by atoms with Gasteiger partial charge in [0.05, 0.1) is 0 Å². The molecule has 0 unspecified atom stereocenters. The average Bonchev–Trinajstić information content (AvgIpc) is 2.74. The summed E-state index contributed by atoms with van der Waals surface area (Å²) in [6.07, 6.45) is 4.20. The Morgan fingerprint density at radius 1 is 1.06 bits per heavy atom. The van der Waals surface area contributed by atoms with Crippen molar-refractivity contribution in [1.29, 1.82) is 0 Å². The van der Waals surface area contributed by atoms with Crippen LogP contribution in [-0.4, -0.2) is 18.0 Å². The van der Waals surface area contributed by atoms with Crippen molar-refractivity contribution in [3.05, 3.63) is 21.4 Å². The Kier molecular flexibility index (Phi) is 4.85. The molecule has 0 atom stereocenters. The van der Waals surface area contributed by atoms with Gasteiger partial charge in [-0.25, -0.2) is 0 Å². The zero-order valence-electron chi connectivity index (χ0n) is 12.3. The predicted molar refractivity (Wildman–Crippen MR) is 81.6 cm³/mol. The molecule has 2 rings (SSSR count). The number of nitrogens with zero attached hydrogens (tertiary/aromatic N) is 1. The van der Waals surface area contributed by atoms with Gasteiger partial charge in [-0.2, -0.15) is 0 Å². The summed E-state index contributed by atoms with van der Waals surface area (Å²) in [6, 6.07) is 2.47. The third-order valence-electron chi connectivity index (χ3n) is 3.82. The Hall–Kier alpha value is -0.340. The van der Waals surface area contributed by atoms with Crippen LogP contribution in [0.2, 0.25) is 0 Å². The fourth-order valence-electron chi connectivity index (χ4n) is 2.79. The lowest BCUT2D eigenvalue weighted by Crippen LogP contribution is -2.28. The maximum Gasteiger partial charge on any atom is 0.0328 e. The van der Waals surface area contributed by atoms with Crippen LogP contribution in [0, 0.1) is 0 Å². The molecule has 0 aromatic carbocycles. The maximum absolute atomic E-state index is 2.63. The molecule has 0 spiro atoms. The maximum atomic E-state index is 2.63. The van der Waals surface area contributed by atoms with Crippen LogP contribution in [-0.2, 0) is 6.54 Å². The van der Waals surface area contributed by atoms with Crippen molar-refractivity contribution in [2.24, 2.45) is 0 Å². The molecular weight excluding hydrogens is 238 g/mol.